The number of halogens is 3. The molecular formula is C16H27F3O2Si. The van der Waals surface area contributed by atoms with Gasteiger partial charge < -0.3 is 4.43 Å². The topological polar surface area (TPSA) is 26.3 Å². The van der Waals surface area contributed by atoms with Gasteiger partial charge in [0.05, 0.1) is 0 Å². The highest BCUT2D eigenvalue weighted by molar-refractivity contribution is 6.73. The minimum Gasteiger partial charge on any atom is -0.407 e. The average molecular weight is 336 g/mol. The lowest BCUT2D eigenvalue weighted by atomic mass is 10.1. The number of carbonyl (C=O) groups excluding carboxylic acids is 1. The molecule has 0 bridgehead atoms. The Morgan fingerprint density at radius 1 is 1.23 bits per heavy atom. The molecule has 0 aliphatic heterocycles. The number of ketones is 1. The molecule has 0 aliphatic rings. The highest BCUT2D eigenvalue weighted by Gasteiger charge is 2.35. The smallest absolute Gasteiger partial charge is 0.407 e. The molecule has 0 amide bonds. The number of hydrogen-bond acceptors (Lipinski definition) is 2. The standard InChI is InChI=1S/C16H27F3O2Si/c1-6-10-14(16(17,18)19)11-12-15(13(5)20)21-22(7-2,8-3)9-4/h6,11,15H,1,7-10,12H2,2-5H3/b14-11+/t15-/m0/s1. The SMILES string of the molecule is C=CC/C(=C\C[C@H](O[Si](CC)(CC)CC)C(C)=O)C(F)(F)F. The Hall–Kier alpha value is -0.883. The van der Waals surface area contributed by atoms with Crippen LogP contribution in [0.1, 0.15) is 40.5 Å². The molecule has 0 aromatic rings. The van der Waals surface area contributed by atoms with Crippen LogP contribution in [-0.4, -0.2) is 26.4 Å². The molecule has 6 heteroatoms. The van der Waals surface area contributed by atoms with E-state index in [2.05, 4.69) is 6.58 Å². The van der Waals surface area contributed by atoms with Crippen molar-refractivity contribution in [1.82, 2.24) is 0 Å². The zero-order chi connectivity index (χ0) is 17.4. The van der Waals surface area contributed by atoms with E-state index < -0.39 is 26.2 Å². The Morgan fingerprint density at radius 3 is 2.05 bits per heavy atom. The van der Waals surface area contributed by atoms with Crippen LogP contribution in [0, 0.1) is 0 Å². The predicted molar refractivity (Wildman–Crippen MR) is 86.3 cm³/mol. The van der Waals surface area contributed by atoms with Crippen molar-refractivity contribution in [2.45, 2.75) is 70.9 Å². The number of allylic oxidation sites excluding steroid dienone is 2. The van der Waals surface area contributed by atoms with Gasteiger partial charge in [-0.15, -0.1) is 6.58 Å². The van der Waals surface area contributed by atoms with Gasteiger partial charge in [0.1, 0.15) is 6.10 Å². The van der Waals surface area contributed by atoms with Gasteiger partial charge in [-0.1, -0.05) is 32.9 Å². The number of carbonyl (C=O) groups is 1. The zero-order valence-electron chi connectivity index (χ0n) is 13.9. The van der Waals surface area contributed by atoms with Gasteiger partial charge in [0, 0.05) is 5.57 Å². The molecule has 0 saturated carbocycles. The van der Waals surface area contributed by atoms with Crippen molar-refractivity contribution in [3.63, 3.8) is 0 Å². The van der Waals surface area contributed by atoms with Crippen LogP contribution in [-0.2, 0) is 9.22 Å². The molecule has 0 heterocycles. The molecule has 0 aromatic carbocycles. The number of alkyl halides is 3. The minimum atomic E-state index is -4.40. The first kappa shape index (κ1) is 21.1. The molecule has 0 aromatic heterocycles. The summed E-state index contributed by atoms with van der Waals surface area (Å²) in [6, 6.07) is 2.56. The van der Waals surface area contributed by atoms with Crippen molar-refractivity contribution in [1.29, 1.82) is 0 Å². The second kappa shape index (κ2) is 9.30. The first-order valence-corrected chi connectivity index (χ1v) is 10.2. The van der Waals surface area contributed by atoms with Gasteiger partial charge in [-0.25, -0.2) is 0 Å². The van der Waals surface area contributed by atoms with Gasteiger partial charge in [-0.3, -0.25) is 4.79 Å². The highest BCUT2D eigenvalue weighted by atomic mass is 28.4. The van der Waals surface area contributed by atoms with Crippen molar-refractivity contribution < 1.29 is 22.4 Å². The third-order valence-corrected chi connectivity index (χ3v) is 8.74. The van der Waals surface area contributed by atoms with Crippen molar-refractivity contribution in [2.75, 3.05) is 0 Å². The van der Waals surface area contributed by atoms with Crippen LogP contribution >= 0.6 is 0 Å². The van der Waals surface area contributed by atoms with E-state index >= 15 is 0 Å². The Kier molecular flexibility index (Phi) is 8.93. The van der Waals surface area contributed by atoms with Gasteiger partial charge >= 0.3 is 6.18 Å². The zero-order valence-corrected chi connectivity index (χ0v) is 14.9. The Balaban J connectivity index is 5.20. The van der Waals surface area contributed by atoms with E-state index in [-0.39, 0.29) is 18.6 Å². The molecular weight excluding hydrogens is 309 g/mol. The summed E-state index contributed by atoms with van der Waals surface area (Å²) in [6.07, 6.45) is -3.18. The molecule has 0 N–H and O–H groups in total. The summed E-state index contributed by atoms with van der Waals surface area (Å²) in [5.74, 6) is -0.219. The summed E-state index contributed by atoms with van der Waals surface area (Å²) in [5, 5.41) is 0. The van der Waals surface area contributed by atoms with E-state index in [1.165, 1.54) is 13.0 Å². The van der Waals surface area contributed by atoms with Crippen LogP contribution < -0.4 is 0 Å². The molecule has 0 aliphatic carbocycles. The lowest BCUT2D eigenvalue weighted by Crippen LogP contribution is -2.42. The van der Waals surface area contributed by atoms with Crippen LogP contribution in [0.5, 0.6) is 0 Å². The van der Waals surface area contributed by atoms with Gasteiger partial charge in [0.25, 0.3) is 0 Å². The summed E-state index contributed by atoms with van der Waals surface area (Å²) in [7, 11) is -2.03. The molecule has 0 fully saturated rings. The van der Waals surface area contributed by atoms with Crippen molar-refractivity contribution in [2.24, 2.45) is 0 Å². The maximum atomic E-state index is 12.9. The summed E-state index contributed by atoms with van der Waals surface area (Å²) < 4.78 is 44.6. The molecule has 0 rings (SSSR count). The van der Waals surface area contributed by atoms with Crippen LogP contribution in [0.3, 0.4) is 0 Å². The third-order valence-electron chi connectivity index (χ3n) is 4.09. The van der Waals surface area contributed by atoms with Crippen molar-refractivity contribution in [3.8, 4) is 0 Å². The van der Waals surface area contributed by atoms with E-state index in [0.717, 1.165) is 24.2 Å². The fourth-order valence-corrected chi connectivity index (χ4v) is 5.18. The molecule has 0 spiro atoms. The third kappa shape index (κ3) is 6.48. The first-order valence-electron chi connectivity index (χ1n) is 7.71. The van der Waals surface area contributed by atoms with Crippen LogP contribution in [0.4, 0.5) is 13.2 Å². The summed E-state index contributed by atoms with van der Waals surface area (Å²) in [5.41, 5.74) is -0.672. The average Bonchev–Trinajstić information content (AvgIpc) is 2.45. The lowest BCUT2D eigenvalue weighted by Gasteiger charge is -2.32. The van der Waals surface area contributed by atoms with Crippen molar-refractivity contribution >= 4 is 14.1 Å². The molecule has 0 radical (unpaired) electrons. The van der Waals surface area contributed by atoms with Crippen LogP contribution in [0.15, 0.2) is 24.3 Å². The maximum Gasteiger partial charge on any atom is 0.412 e. The summed E-state index contributed by atoms with van der Waals surface area (Å²) in [4.78, 5) is 11.8. The van der Waals surface area contributed by atoms with E-state index in [1.54, 1.807) is 0 Å². The predicted octanol–water partition coefficient (Wildman–Crippen LogP) is 5.42. The van der Waals surface area contributed by atoms with E-state index in [1.807, 2.05) is 20.8 Å². The van der Waals surface area contributed by atoms with Crippen LogP contribution in [0.25, 0.3) is 0 Å². The maximum absolute atomic E-state index is 12.9. The fourth-order valence-electron chi connectivity index (χ4n) is 2.32. The lowest BCUT2D eigenvalue weighted by molar-refractivity contribution is -0.124. The Morgan fingerprint density at radius 2 is 1.73 bits per heavy atom. The molecule has 1 atom stereocenters. The number of Topliss-reactive ketones (excluding diaryl/α,β-unsaturated/α-hetero) is 1. The van der Waals surface area contributed by atoms with E-state index in [4.69, 9.17) is 4.43 Å². The molecule has 22 heavy (non-hydrogen) atoms. The Bertz CT molecular complexity index is 390. The Labute approximate surface area is 132 Å². The van der Waals surface area contributed by atoms with Gasteiger partial charge in [0.2, 0.25) is 0 Å². The quantitative estimate of drug-likeness (QED) is 0.393. The second-order valence-electron chi connectivity index (χ2n) is 5.42. The number of hydrogen-bond donors (Lipinski definition) is 0. The minimum absolute atomic E-state index is 0.0350. The second-order valence-corrected chi connectivity index (χ2v) is 10.1. The largest absolute Gasteiger partial charge is 0.412 e. The van der Waals surface area contributed by atoms with Crippen LogP contribution in [0.2, 0.25) is 18.1 Å². The monoisotopic (exact) mass is 336 g/mol. The van der Waals surface area contributed by atoms with E-state index in [9.17, 15) is 18.0 Å². The van der Waals surface area contributed by atoms with Gasteiger partial charge in [-0.2, -0.15) is 13.2 Å². The van der Waals surface area contributed by atoms with E-state index in [0.29, 0.717) is 0 Å². The van der Waals surface area contributed by atoms with Gasteiger partial charge in [-0.05, 0) is 37.9 Å². The summed E-state index contributed by atoms with van der Waals surface area (Å²) in [6.45, 7) is 10.8. The first-order chi connectivity index (χ1) is 10.2. The summed E-state index contributed by atoms with van der Waals surface area (Å²) >= 11 is 0. The molecule has 128 valence electrons. The molecule has 0 unspecified atom stereocenters. The van der Waals surface area contributed by atoms with Crippen molar-refractivity contribution in [3.05, 3.63) is 24.3 Å². The van der Waals surface area contributed by atoms with Gasteiger partial charge in [0.15, 0.2) is 14.1 Å². The highest BCUT2D eigenvalue weighted by Crippen LogP contribution is 2.30. The normalized spacial score (nSPS) is 14.8. The fraction of sp³-hybridized carbons (Fsp3) is 0.688. The molecule has 2 nitrogen and oxygen atoms in total. The number of rotatable bonds is 10. The molecule has 0 saturated heterocycles.